The van der Waals surface area contributed by atoms with E-state index in [1.807, 2.05) is 0 Å². The van der Waals surface area contributed by atoms with E-state index in [-0.39, 0.29) is 31.1 Å². The van der Waals surface area contributed by atoms with Crippen molar-refractivity contribution >= 4 is 17.9 Å². The van der Waals surface area contributed by atoms with Crippen LogP contribution in [-0.4, -0.2) is 37.2 Å². The van der Waals surface area contributed by atoms with Crippen LogP contribution in [-0.2, 0) is 28.6 Å². The zero-order valence-electron chi connectivity index (χ0n) is 50.6. The second kappa shape index (κ2) is 64.2. The van der Waals surface area contributed by atoms with Crippen molar-refractivity contribution in [3.05, 3.63) is 36.5 Å². The maximum atomic E-state index is 12.9. The quantitative estimate of drug-likeness (QED) is 0.0261. The van der Waals surface area contributed by atoms with Gasteiger partial charge in [-0.25, -0.2) is 0 Å². The molecule has 0 fully saturated rings. The minimum Gasteiger partial charge on any atom is -0.462 e. The Balaban J connectivity index is 4.29. The SMILES string of the molecule is CCCCCCC/C=C\C/C=C\CCCCCCCCCCCCCC(=O)OCC(COC(=O)CCCCCCC/C=C\CCCCCCC)OC(=O)CCCCCCCCCCCCCCCCCCCCCC. The van der Waals surface area contributed by atoms with Crippen molar-refractivity contribution in [1.82, 2.24) is 0 Å². The number of ether oxygens (including phenoxy) is 3. The Morgan fingerprint density at radius 2 is 0.480 bits per heavy atom. The van der Waals surface area contributed by atoms with Gasteiger partial charge in [-0.2, -0.15) is 0 Å². The molecule has 0 aromatic heterocycles. The van der Waals surface area contributed by atoms with Crippen molar-refractivity contribution < 1.29 is 28.6 Å². The maximum Gasteiger partial charge on any atom is 0.306 e. The van der Waals surface area contributed by atoms with E-state index in [1.54, 1.807) is 0 Å². The third kappa shape index (κ3) is 62.4. The van der Waals surface area contributed by atoms with E-state index in [0.717, 1.165) is 70.6 Å². The van der Waals surface area contributed by atoms with Crippen LogP contribution in [0.4, 0.5) is 0 Å². The van der Waals surface area contributed by atoms with Crippen LogP contribution < -0.4 is 0 Å². The van der Waals surface area contributed by atoms with Crippen LogP contribution in [0.15, 0.2) is 36.5 Å². The summed E-state index contributed by atoms with van der Waals surface area (Å²) >= 11 is 0. The summed E-state index contributed by atoms with van der Waals surface area (Å²) in [5.41, 5.74) is 0. The van der Waals surface area contributed by atoms with E-state index < -0.39 is 6.10 Å². The van der Waals surface area contributed by atoms with Gasteiger partial charge in [-0.1, -0.05) is 308 Å². The molecular weight excluding hydrogens is 925 g/mol. The van der Waals surface area contributed by atoms with Gasteiger partial charge in [0.2, 0.25) is 0 Å². The number of hydrogen-bond donors (Lipinski definition) is 0. The maximum absolute atomic E-state index is 12.9. The van der Waals surface area contributed by atoms with E-state index in [0.29, 0.717) is 19.3 Å². The molecule has 440 valence electrons. The zero-order chi connectivity index (χ0) is 54.3. The zero-order valence-corrected chi connectivity index (χ0v) is 50.6. The lowest BCUT2D eigenvalue weighted by Crippen LogP contribution is -2.30. The fraction of sp³-hybridized carbons (Fsp3) is 0.870. The normalized spacial score (nSPS) is 12.2. The van der Waals surface area contributed by atoms with Gasteiger partial charge in [0.1, 0.15) is 13.2 Å². The molecule has 0 aliphatic carbocycles. The average molecular weight is 1050 g/mol. The van der Waals surface area contributed by atoms with Crippen molar-refractivity contribution in [1.29, 1.82) is 0 Å². The molecule has 1 atom stereocenters. The van der Waals surface area contributed by atoms with Crippen LogP contribution >= 0.6 is 0 Å². The molecule has 0 saturated heterocycles. The minimum atomic E-state index is -0.774. The molecule has 0 aliphatic rings. The van der Waals surface area contributed by atoms with E-state index in [4.69, 9.17) is 14.2 Å². The van der Waals surface area contributed by atoms with E-state index in [1.165, 1.54) is 257 Å². The van der Waals surface area contributed by atoms with Gasteiger partial charge in [0.15, 0.2) is 6.10 Å². The first-order valence-electron chi connectivity index (χ1n) is 33.5. The molecule has 0 aromatic rings. The molecule has 0 spiro atoms. The van der Waals surface area contributed by atoms with Gasteiger partial charge in [0.25, 0.3) is 0 Å². The molecule has 0 N–H and O–H groups in total. The predicted molar refractivity (Wildman–Crippen MR) is 326 cm³/mol. The highest BCUT2D eigenvalue weighted by molar-refractivity contribution is 5.71. The van der Waals surface area contributed by atoms with Gasteiger partial charge >= 0.3 is 17.9 Å². The summed E-state index contributed by atoms with van der Waals surface area (Å²) in [6.07, 6.45) is 78.7. The van der Waals surface area contributed by atoms with Gasteiger partial charge < -0.3 is 14.2 Å². The number of carbonyl (C=O) groups excluding carboxylic acids is 3. The van der Waals surface area contributed by atoms with Gasteiger partial charge in [-0.05, 0) is 77.0 Å². The van der Waals surface area contributed by atoms with E-state index in [9.17, 15) is 14.4 Å². The number of rotatable bonds is 62. The summed E-state index contributed by atoms with van der Waals surface area (Å²) in [7, 11) is 0. The molecule has 6 heteroatoms. The molecule has 75 heavy (non-hydrogen) atoms. The monoisotopic (exact) mass is 1050 g/mol. The van der Waals surface area contributed by atoms with Crippen molar-refractivity contribution in [2.45, 2.75) is 374 Å². The molecule has 0 saturated carbocycles. The lowest BCUT2D eigenvalue weighted by Gasteiger charge is -2.18. The Morgan fingerprint density at radius 3 is 0.747 bits per heavy atom. The molecule has 0 radical (unpaired) electrons. The van der Waals surface area contributed by atoms with Crippen molar-refractivity contribution in [2.24, 2.45) is 0 Å². The summed E-state index contributed by atoms with van der Waals surface area (Å²) in [6, 6.07) is 0. The predicted octanol–water partition coefficient (Wildman–Crippen LogP) is 22.8. The summed E-state index contributed by atoms with van der Waals surface area (Å²) in [6.45, 7) is 6.68. The fourth-order valence-corrected chi connectivity index (χ4v) is 10.1. The first kappa shape index (κ1) is 72.6. The van der Waals surface area contributed by atoms with Crippen LogP contribution in [0.3, 0.4) is 0 Å². The largest absolute Gasteiger partial charge is 0.462 e. The van der Waals surface area contributed by atoms with Gasteiger partial charge in [-0.15, -0.1) is 0 Å². The van der Waals surface area contributed by atoms with Gasteiger partial charge in [-0.3, -0.25) is 14.4 Å². The molecule has 0 aromatic carbocycles. The molecule has 1 unspecified atom stereocenters. The molecule has 0 bridgehead atoms. The average Bonchev–Trinajstić information content (AvgIpc) is 3.41. The minimum absolute atomic E-state index is 0.0714. The van der Waals surface area contributed by atoms with Crippen LogP contribution in [0, 0.1) is 0 Å². The third-order valence-electron chi connectivity index (χ3n) is 15.1. The smallest absolute Gasteiger partial charge is 0.306 e. The fourth-order valence-electron chi connectivity index (χ4n) is 10.1. The standard InChI is InChI=1S/C69H128O6/c1-4-7-10-13-16-19-22-25-28-30-32-34-35-36-38-39-41-44-47-50-53-56-59-62-68(71)74-65-66(64-73-67(70)61-58-55-52-49-46-43-27-24-21-18-15-12-9-6-3)75-69(72)63-60-57-54-51-48-45-42-40-37-33-31-29-26-23-20-17-14-11-8-5-2/h22,24-25,27,30,32,66H,4-21,23,26,28-29,31,33-65H2,1-3H3/b25-22-,27-24-,32-30-. The lowest BCUT2D eigenvalue weighted by atomic mass is 10.0. The van der Waals surface area contributed by atoms with Crippen molar-refractivity contribution in [2.75, 3.05) is 13.2 Å². The summed E-state index contributed by atoms with van der Waals surface area (Å²) in [5.74, 6) is -0.856. The third-order valence-corrected chi connectivity index (χ3v) is 15.1. The first-order valence-corrected chi connectivity index (χ1v) is 33.5. The van der Waals surface area contributed by atoms with Crippen molar-refractivity contribution in [3.63, 3.8) is 0 Å². The number of unbranched alkanes of at least 4 members (excludes halogenated alkanes) is 45. The second-order valence-corrected chi connectivity index (χ2v) is 22.7. The van der Waals surface area contributed by atoms with E-state index >= 15 is 0 Å². The van der Waals surface area contributed by atoms with Gasteiger partial charge in [0, 0.05) is 19.3 Å². The molecular formula is C69H128O6. The highest BCUT2D eigenvalue weighted by Crippen LogP contribution is 2.18. The molecule has 6 nitrogen and oxygen atoms in total. The summed E-state index contributed by atoms with van der Waals surface area (Å²) in [4.78, 5) is 38.4. The van der Waals surface area contributed by atoms with Crippen LogP contribution in [0.2, 0.25) is 0 Å². The van der Waals surface area contributed by atoms with E-state index in [2.05, 4.69) is 57.2 Å². The molecule has 0 aliphatic heterocycles. The number of carbonyl (C=O) groups is 3. The molecule has 0 heterocycles. The van der Waals surface area contributed by atoms with Crippen LogP contribution in [0.25, 0.3) is 0 Å². The molecule has 0 amide bonds. The Hall–Kier alpha value is -2.37. The number of esters is 3. The Morgan fingerprint density at radius 1 is 0.267 bits per heavy atom. The molecule has 0 rings (SSSR count). The van der Waals surface area contributed by atoms with Gasteiger partial charge in [0.05, 0.1) is 0 Å². The lowest BCUT2D eigenvalue weighted by molar-refractivity contribution is -0.167. The first-order chi connectivity index (χ1) is 37.0. The highest BCUT2D eigenvalue weighted by atomic mass is 16.6. The van der Waals surface area contributed by atoms with Crippen molar-refractivity contribution in [3.8, 4) is 0 Å². The van der Waals surface area contributed by atoms with Crippen LogP contribution in [0.5, 0.6) is 0 Å². The number of allylic oxidation sites excluding steroid dienone is 6. The second-order valence-electron chi connectivity index (χ2n) is 22.7. The Bertz CT molecular complexity index is 1250. The summed E-state index contributed by atoms with van der Waals surface area (Å²) in [5, 5.41) is 0. The summed E-state index contributed by atoms with van der Waals surface area (Å²) < 4.78 is 17.0. The topological polar surface area (TPSA) is 78.9 Å². The highest BCUT2D eigenvalue weighted by Gasteiger charge is 2.19. The van der Waals surface area contributed by atoms with Crippen LogP contribution in [0.1, 0.15) is 367 Å². The number of hydrogen-bond acceptors (Lipinski definition) is 6. The Kier molecular flexibility index (Phi) is 62.1. The Labute approximate surface area is 467 Å².